The molecule has 5 nitrogen and oxygen atoms in total. The fourth-order valence-electron chi connectivity index (χ4n) is 3.68. The molecule has 0 aromatic rings. The lowest BCUT2D eigenvalue weighted by atomic mass is 10.1. The maximum atomic E-state index is 12.8. The van der Waals surface area contributed by atoms with Gasteiger partial charge in [0.2, 0.25) is 0 Å². The molecule has 3 fully saturated rings. The summed E-state index contributed by atoms with van der Waals surface area (Å²) in [7, 11) is -3.25. The molecule has 0 spiro atoms. The molecule has 110 valence electrons. The van der Waals surface area contributed by atoms with Crippen molar-refractivity contribution in [3.05, 3.63) is 0 Å². The van der Waals surface area contributed by atoms with Gasteiger partial charge in [0.25, 0.3) is 10.2 Å². The second-order valence-corrected chi connectivity index (χ2v) is 8.13. The van der Waals surface area contributed by atoms with Crippen molar-refractivity contribution < 1.29 is 8.42 Å². The molecular weight excluding hydrogens is 262 g/mol. The van der Waals surface area contributed by atoms with Crippen molar-refractivity contribution in [3.8, 4) is 0 Å². The lowest BCUT2D eigenvalue weighted by Gasteiger charge is -2.36. The van der Waals surface area contributed by atoms with E-state index in [0.29, 0.717) is 31.7 Å². The molecule has 3 heterocycles. The van der Waals surface area contributed by atoms with E-state index in [1.807, 2.05) is 6.92 Å². The topological polar surface area (TPSA) is 52.7 Å². The third-order valence-electron chi connectivity index (χ3n) is 4.85. The Morgan fingerprint density at radius 3 is 2.58 bits per heavy atom. The van der Waals surface area contributed by atoms with Gasteiger partial charge in [0.1, 0.15) is 0 Å². The second kappa shape index (κ2) is 5.31. The van der Waals surface area contributed by atoms with Gasteiger partial charge in [-0.3, -0.25) is 0 Å². The molecule has 0 saturated carbocycles. The van der Waals surface area contributed by atoms with E-state index in [2.05, 4.69) is 5.32 Å². The number of hydrogen-bond acceptors (Lipinski definition) is 3. The van der Waals surface area contributed by atoms with Crippen LogP contribution < -0.4 is 5.32 Å². The highest BCUT2D eigenvalue weighted by atomic mass is 32.2. The third kappa shape index (κ3) is 2.68. The van der Waals surface area contributed by atoms with Crippen molar-refractivity contribution >= 4 is 10.2 Å². The molecule has 0 amide bonds. The average Bonchev–Trinajstić information content (AvgIpc) is 2.68. The quantitative estimate of drug-likeness (QED) is 0.822. The van der Waals surface area contributed by atoms with E-state index in [4.69, 9.17) is 0 Å². The summed E-state index contributed by atoms with van der Waals surface area (Å²) in [5, 5.41) is 3.54. The van der Waals surface area contributed by atoms with E-state index >= 15 is 0 Å². The maximum Gasteiger partial charge on any atom is 0.282 e. The van der Waals surface area contributed by atoms with E-state index in [-0.39, 0.29) is 6.04 Å². The van der Waals surface area contributed by atoms with Gasteiger partial charge < -0.3 is 5.32 Å². The van der Waals surface area contributed by atoms with Crippen LogP contribution in [0.15, 0.2) is 0 Å². The first-order valence-corrected chi connectivity index (χ1v) is 9.00. The molecule has 3 aliphatic rings. The molecule has 0 radical (unpaired) electrons. The smallest absolute Gasteiger partial charge is 0.282 e. The van der Waals surface area contributed by atoms with Gasteiger partial charge in [-0.15, -0.1) is 0 Å². The Morgan fingerprint density at radius 2 is 1.79 bits per heavy atom. The highest BCUT2D eigenvalue weighted by Gasteiger charge is 2.39. The lowest BCUT2D eigenvalue weighted by Crippen LogP contribution is -2.51. The molecule has 0 aliphatic carbocycles. The number of nitrogens with one attached hydrogen (secondary N) is 1. The van der Waals surface area contributed by atoms with Crippen LogP contribution in [0.1, 0.15) is 45.4 Å². The maximum absolute atomic E-state index is 12.8. The Bertz CT molecular complexity index is 426. The standard InChI is InChI=1S/C13H25N3O2S/c1-11-4-2-3-8-16(11)19(17,18)15-9-7-12-5-6-13(10-15)14-12/h11-14H,2-10H2,1H3. The van der Waals surface area contributed by atoms with Gasteiger partial charge in [-0.1, -0.05) is 6.42 Å². The Kier molecular flexibility index (Phi) is 3.86. The molecule has 3 saturated heterocycles. The summed E-state index contributed by atoms with van der Waals surface area (Å²) in [5.74, 6) is 0. The van der Waals surface area contributed by atoms with Gasteiger partial charge in [0.05, 0.1) is 0 Å². The Balaban J connectivity index is 1.75. The molecule has 0 aromatic heterocycles. The van der Waals surface area contributed by atoms with Crippen molar-refractivity contribution in [1.29, 1.82) is 0 Å². The molecule has 2 bridgehead atoms. The Labute approximate surface area is 116 Å². The Morgan fingerprint density at radius 1 is 1.00 bits per heavy atom. The fourth-order valence-corrected chi connectivity index (χ4v) is 5.60. The summed E-state index contributed by atoms with van der Waals surface area (Å²) in [4.78, 5) is 0. The van der Waals surface area contributed by atoms with Crippen LogP contribution in [0.25, 0.3) is 0 Å². The van der Waals surface area contributed by atoms with Gasteiger partial charge in [-0.05, 0) is 39.0 Å². The van der Waals surface area contributed by atoms with E-state index in [1.54, 1.807) is 8.61 Å². The third-order valence-corrected chi connectivity index (χ3v) is 6.97. The molecule has 3 rings (SSSR count). The van der Waals surface area contributed by atoms with Crippen LogP contribution in [0.5, 0.6) is 0 Å². The monoisotopic (exact) mass is 287 g/mol. The number of nitrogens with zero attached hydrogens (tertiary/aromatic N) is 2. The molecule has 19 heavy (non-hydrogen) atoms. The van der Waals surface area contributed by atoms with Crippen LogP contribution >= 0.6 is 0 Å². The summed E-state index contributed by atoms with van der Waals surface area (Å²) < 4.78 is 29.1. The van der Waals surface area contributed by atoms with Gasteiger partial charge in [0, 0.05) is 37.8 Å². The number of rotatable bonds is 2. The molecule has 3 unspecified atom stereocenters. The fraction of sp³-hybridized carbons (Fsp3) is 1.00. The van der Waals surface area contributed by atoms with Gasteiger partial charge >= 0.3 is 0 Å². The van der Waals surface area contributed by atoms with Crippen molar-refractivity contribution in [2.45, 2.75) is 63.6 Å². The summed E-state index contributed by atoms with van der Waals surface area (Å²) in [6.45, 7) is 4.07. The normalized spacial score (nSPS) is 38.3. The van der Waals surface area contributed by atoms with E-state index in [1.165, 1.54) is 6.42 Å². The van der Waals surface area contributed by atoms with E-state index in [0.717, 1.165) is 32.1 Å². The average molecular weight is 287 g/mol. The minimum atomic E-state index is -3.25. The van der Waals surface area contributed by atoms with Gasteiger partial charge in [0.15, 0.2) is 0 Å². The van der Waals surface area contributed by atoms with Crippen molar-refractivity contribution in [1.82, 2.24) is 13.9 Å². The zero-order chi connectivity index (χ0) is 13.5. The zero-order valence-electron chi connectivity index (χ0n) is 11.7. The molecule has 3 aliphatic heterocycles. The summed E-state index contributed by atoms with van der Waals surface area (Å²) >= 11 is 0. The number of hydrogen-bond donors (Lipinski definition) is 1. The van der Waals surface area contributed by atoms with Crippen molar-refractivity contribution in [2.75, 3.05) is 19.6 Å². The lowest BCUT2D eigenvalue weighted by molar-refractivity contribution is 0.241. The van der Waals surface area contributed by atoms with Crippen molar-refractivity contribution in [2.24, 2.45) is 0 Å². The predicted octanol–water partition coefficient (Wildman–Crippen LogP) is 0.932. The molecule has 1 N–H and O–H groups in total. The van der Waals surface area contributed by atoms with Crippen LogP contribution in [0.3, 0.4) is 0 Å². The summed E-state index contributed by atoms with van der Waals surface area (Å²) in [6, 6.07) is 1.05. The number of piperidine rings is 1. The minimum Gasteiger partial charge on any atom is -0.310 e. The van der Waals surface area contributed by atoms with Crippen LogP contribution in [0.2, 0.25) is 0 Å². The first kappa shape index (κ1) is 13.8. The largest absolute Gasteiger partial charge is 0.310 e. The van der Waals surface area contributed by atoms with E-state index in [9.17, 15) is 8.42 Å². The van der Waals surface area contributed by atoms with Crippen LogP contribution in [-0.4, -0.2) is 54.8 Å². The number of fused-ring (bicyclic) bond motifs is 2. The van der Waals surface area contributed by atoms with Gasteiger partial charge in [-0.2, -0.15) is 17.0 Å². The second-order valence-electron chi connectivity index (χ2n) is 6.25. The predicted molar refractivity (Wildman–Crippen MR) is 75.1 cm³/mol. The first-order chi connectivity index (χ1) is 9.07. The highest BCUT2D eigenvalue weighted by molar-refractivity contribution is 7.86. The van der Waals surface area contributed by atoms with Crippen LogP contribution in [-0.2, 0) is 10.2 Å². The molecule has 3 atom stereocenters. The zero-order valence-corrected chi connectivity index (χ0v) is 12.5. The SMILES string of the molecule is CC1CCCCN1S(=O)(=O)N1CCC2CCC(C1)N2. The summed E-state index contributed by atoms with van der Waals surface area (Å²) in [6.07, 6.45) is 6.43. The summed E-state index contributed by atoms with van der Waals surface area (Å²) in [5.41, 5.74) is 0. The Hall–Kier alpha value is -0.170. The molecular formula is C13H25N3O2S. The van der Waals surface area contributed by atoms with Crippen LogP contribution in [0.4, 0.5) is 0 Å². The molecule has 0 aromatic carbocycles. The van der Waals surface area contributed by atoms with E-state index < -0.39 is 10.2 Å². The minimum absolute atomic E-state index is 0.159. The van der Waals surface area contributed by atoms with Crippen LogP contribution in [0, 0.1) is 0 Å². The van der Waals surface area contributed by atoms with Crippen molar-refractivity contribution in [3.63, 3.8) is 0 Å². The van der Waals surface area contributed by atoms with Gasteiger partial charge in [-0.25, -0.2) is 0 Å². The highest BCUT2D eigenvalue weighted by Crippen LogP contribution is 2.26. The molecule has 6 heteroatoms. The first-order valence-electron chi connectivity index (χ1n) is 7.60.